The Morgan fingerprint density at radius 1 is 1.11 bits per heavy atom. The molecule has 1 aliphatic heterocycles. The second-order valence-electron chi connectivity index (χ2n) is 6.45. The highest BCUT2D eigenvalue weighted by atomic mass is 32.2. The Kier molecular flexibility index (Phi) is 5.74. The van der Waals surface area contributed by atoms with Gasteiger partial charge in [0.1, 0.15) is 0 Å². The van der Waals surface area contributed by atoms with E-state index in [0.29, 0.717) is 22.7 Å². The summed E-state index contributed by atoms with van der Waals surface area (Å²) in [4.78, 5) is 15.0. The van der Waals surface area contributed by atoms with Gasteiger partial charge in [0, 0.05) is 16.7 Å². The Labute approximate surface area is 165 Å². The van der Waals surface area contributed by atoms with Gasteiger partial charge in [0.15, 0.2) is 21.3 Å². The molecule has 148 valence electrons. The first-order chi connectivity index (χ1) is 13.4. The van der Waals surface area contributed by atoms with E-state index >= 15 is 0 Å². The van der Waals surface area contributed by atoms with Crippen molar-refractivity contribution in [3.8, 4) is 11.5 Å². The molecule has 28 heavy (non-hydrogen) atoms. The summed E-state index contributed by atoms with van der Waals surface area (Å²) in [5, 5.41) is 1.18. The van der Waals surface area contributed by atoms with Crippen molar-refractivity contribution in [3.63, 3.8) is 0 Å². The molecule has 0 aliphatic carbocycles. The Morgan fingerprint density at radius 2 is 1.82 bits per heavy atom. The summed E-state index contributed by atoms with van der Waals surface area (Å²) in [6.07, 6.45) is 2.29. The van der Waals surface area contributed by atoms with Crippen LogP contribution in [0.1, 0.15) is 22.8 Å². The first-order valence-electron chi connectivity index (χ1n) is 8.94. The number of nitrogens with zero attached hydrogens (tertiary/aromatic N) is 1. The van der Waals surface area contributed by atoms with E-state index < -0.39 is 15.9 Å². The summed E-state index contributed by atoms with van der Waals surface area (Å²) >= 11 is 0. The topological polar surface area (TPSA) is 72.9 Å². The monoisotopic (exact) mass is 401 g/mol. The molecular formula is C21H23NO5S. The van der Waals surface area contributed by atoms with Gasteiger partial charge in [-0.15, -0.1) is 0 Å². The Bertz CT molecular complexity index is 1010. The van der Waals surface area contributed by atoms with Gasteiger partial charge >= 0.3 is 0 Å². The third kappa shape index (κ3) is 3.89. The van der Waals surface area contributed by atoms with Crippen LogP contribution in [0, 0.1) is 0 Å². The van der Waals surface area contributed by atoms with Crippen LogP contribution >= 0.6 is 0 Å². The Balaban J connectivity index is 2.09. The van der Waals surface area contributed by atoms with Crippen LogP contribution in [-0.2, 0) is 16.3 Å². The summed E-state index contributed by atoms with van der Waals surface area (Å²) in [6, 6.07) is 11.9. The number of para-hydroxylation sites is 1. The van der Waals surface area contributed by atoms with E-state index in [0.717, 1.165) is 12.0 Å². The highest BCUT2D eigenvalue weighted by Crippen LogP contribution is 2.32. The van der Waals surface area contributed by atoms with Crippen LogP contribution in [0.4, 0.5) is 5.69 Å². The predicted molar refractivity (Wildman–Crippen MR) is 109 cm³/mol. The number of ether oxygens (including phenoxy) is 2. The molecule has 1 amide bonds. The standard InChI is InChI=1S/C21H23NO5S/c1-4-15-7-5-6-8-18(15)22(17-11-12-28(24,25)14-17)21(23)16-9-10-19(26-2)20(13-16)27-3/h5-13,17H,4,14H2,1-3H3. The Morgan fingerprint density at radius 3 is 2.43 bits per heavy atom. The van der Waals surface area contributed by atoms with E-state index in [4.69, 9.17) is 9.47 Å². The van der Waals surface area contributed by atoms with Crippen LogP contribution in [0.25, 0.3) is 0 Å². The normalized spacial score (nSPS) is 17.3. The number of aryl methyl sites for hydroxylation is 1. The number of hydrogen-bond donors (Lipinski definition) is 0. The van der Waals surface area contributed by atoms with Gasteiger partial charge in [-0.3, -0.25) is 4.79 Å². The molecule has 1 heterocycles. The zero-order chi connectivity index (χ0) is 20.3. The van der Waals surface area contributed by atoms with Crippen molar-refractivity contribution in [1.29, 1.82) is 0 Å². The predicted octanol–water partition coefficient (Wildman–Crippen LogP) is 3.22. The van der Waals surface area contributed by atoms with Crippen molar-refractivity contribution in [2.75, 3.05) is 24.9 Å². The number of hydrogen-bond acceptors (Lipinski definition) is 5. The molecule has 7 heteroatoms. The van der Waals surface area contributed by atoms with E-state index in [2.05, 4.69) is 0 Å². The van der Waals surface area contributed by atoms with Gasteiger partial charge in [0.05, 0.1) is 26.0 Å². The van der Waals surface area contributed by atoms with Crippen molar-refractivity contribution < 1.29 is 22.7 Å². The zero-order valence-corrected chi connectivity index (χ0v) is 16.9. The number of methoxy groups -OCH3 is 2. The summed E-state index contributed by atoms with van der Waals surface area (Å²) in [6.45, 7) is 2.00. The van der Waals surface area contributed by atoms with Crippen molar-refractivity contribution >= 4 is 21.4 Å². The second kappa shape index (κ2) is 8.06. The average Bonchev–Trinajstić information content (AvgIpc) is 3.07. The number of carbonyl (C=O) groups is 1. The van der Waals surface area contributed by atoms with E-state index in [1.165, 1.54) is 19.6 Å². The van der Waals surface area contributed by atoms with Gasteiger partial charge in [-0.25, -0.2) is 8.42 Å². The smallest absolute Gasteiger partial charge is 0.259 e. The summed E-state index contributed by atoms with van der Waals surface area (Å²) in [5.74, 6) is 0.521. The maximum absolute atomic E-state index is 13.5. The third-order valence-corrected chi connectivity index (χ3v) is 6.10. The lowest BCUT2D eigenvalue weighted by molar-refractivity contribution is 0.0982. The molecule has 0 fully saturated rings. The average molecular weight is 401 g/mol. The lowest BCUT2D eigenvalue weighted by Gasteiger charge is -2.30. The quantitative estimate of drug-likeness (QED) is 0.743. The van der Waals surface area contributed by atoms with Gasteiger partial charge in [-0.1, -0.05) is 25.1 Å². The number of sulfone groups is 1. The van der Waals surface area contributed by atoms with Crippen LogP contribution in [0.3, 0.4) is 0 Å². The molecule has 6 nitrogen and oxygen atoms in total. The molecule has 0 aromatic heterocycles. The minimum Gasteiger partial charge on any atom is -0.493 e. The lowest BCUT2D eigenvalue weighted by atomic mass is 10.1. The fraction of sp³-hybridized carbons (Fsp3) is 0.286. The molecule has 0 N–H and O–H groups in total. The van der Waals surface area contributed by atoms with Crippen molar-refractivity contribution in [2.45, 2.75) is 19.4 Å². The number of carbonyl (C=O) groups excluding carboxylic acids is 1. The molecule has 0 spiro atoms. The molecule has 2 aromatic carbocycles. The minimum absolute atomic E-state index is 0.135. The molecule has 2 aromatic rings. The van der Waals surface area contributed by atoms with E-state index in [1.807, 2.05) is 31.2 Å². The maximum Gasteiger partial charge on any atom is 0.259 e. The second-order valence-corrected chi connectivity index (χ2v) is 8.38. The fourth-order valence-corrected chi connectivity index (χ4v) is 4.58. The number of anilines is 1. The van der Waals surface area contributed by atoms with Crippen LogP contribution in [0.5, 0.6) is 11.5 Å². The van der Waals surface area contributed by atoms with Crippen molar-refractivity contribution in [1.82, 2.24) is 0 Å². The van der Waals surface area contributed by atoms with Crippen molar-refractivity contribution in [2.24, 2.45) is 0 Å². The largest absolute Gasteiger partial charge is 0.493 e. The van der Waals surface area contributed by atoms with Crippen LogP contribution < -0.4 is 14.4 Å². The molecule has 0 radical (unpaired) electrons. The number of benzene rings is 2. The minimum atomic E-state index is -3.33. The third-order valence-electron chi connectivity index (χ3n) is 4.72. The number of amides is 1. The molecule has 1 atom stereocenters. The van der Waals surface area contributed by atoms with Gasteiger partial charge in [0.25, 0.3) is 5.91 Å². The first-order valence-corrected chi connectivity index (χ1v) is 10.7. The van der Waals surface area contributed by atoms with Crippen molar-refractivity contribution in [3.05, 3.63) is 65.1 Å². The summed E-state index contributed by atoms with van der Waals surface area (Å²) in [5.41, 5.74) is 2.06. The molecule has 3 rings (SSSR count). The summed E-state index contributed by atoms with van der Waals surface area (Å²) in [7, 11) is -0.299. The van der Waals surface area contributed by atoms with Gasteiger partial charge in [0.2, 0.25) is 0 Å². The Hall–Kier alpha value is -2.80. The number of rotatable bonds is 6. The molecule has 0 saturated carbocycles. The molecule has 1 unspecified atom stereocenters. The lowest BCUT2D eigenvalue weighted by Crippen LogP contribution is -2.41. The summed E-state index contributed by atoms with van der Waals surface area (Å²) < 4.78 is 34.6. The van der Waals surface area contributed by atoms with Gasteiger partial charge < -0.3 is 14.4 Å². The highest BCUT2D eigenvalue weighted by Gasteiger charge is 2.33. The molecular weight excluding hydrogens is 378 g/mol. The van der Waals surface area contributed by atoms with Crippen LogP contribution in [0.15, 0.2) is 53.9 Å². The zero-order valence-electron chi connectivity index (χ0n) is 16.1. The van der Waals surface area contributed by atoms with E-state index in [-0.39, 0.29) is 11.7 Å². The van der Waals surface area contributed by atoms with E-state index in [1.54, 1.807) is 29.2 Å². The maximum atomic E-state index is 13.5. The van der Waals surface area contributed by atoms with Crippen LogP contribution in [-0.4, -0.2) is 40.3 Å². The highest BCUT2D eigenvalue weighted by molar-refractivity contribution is 7.94. The van der Waals surface area contributed by atoms with Gasteiger partial charge in [-0.2, -0.15) is 0 Å². The van der Waals surface area contributed by atoms with Gasteiger partial charge in [-0.05, 0) is 42.3 Å². The molecule has 1 aliphatic rings. The molecule has 0 saturated heterocycles. The van der Waals surface area contributed by atoms with Crippen LogP contribution in [0.2, 0.25) is 0 Å². The SMILES string of the molecule is CCc1ccccc1N(C(=O)c1ccc(OC)c(OC)c1)C1C=CS(=O)(=O)C1. The molecule has 0 bridgehead atoms. The fourth-order valence-electron chi connectivity index (χ4n) is 3.31. The van der Waals surface area contributed by atoms with E-state index in [9.17, 15) is 13.2 Å². The first kappa shape index (κ1) is 19.9.